The van der Waals surface area contributed by atoms with E-state index in [1.807, 2.05) is 61.3 Å². The second-order valence-electron chi connectivity index (χ2n) is 9.71. The van der Waals surface area contributed by atoms with Crippen molar-refractivity contribution in [3.63, 3.8) is 0 Å². The first-order valence-corrected chi connectivity index (χ1v) is 13.3. The highest BCUT2D eigenvalue weighted by Gasteiger charge is 2.33. The van der Waals surface area contributed by atoms with Crippen molar-refractivity contribution in [2.24, 2.45) is 0 Å². The predicted octanol–water partition coefficient (Wildman–Crippen LogP) is 5.44. The number of rotatable bonds is 7. The third-order valence-electron chi connectivity index (χ3n) is 7.56. The normalized spacial score (nSPS) is 16.3. The van der Waals surface area contributed by atoms with Crippen molar-refractivity contribution in [2.45, 2.75) is 32.9 Å². The van der Waals surface area contributed by atoms with E-state index in [1.54, 1.807) is 0 Å². The fraction of sp³-hybridized carbons (Fsp3) is 0.290. The van der Waals surface area contributed by atoms with Gasteiger partial charge in [0.1, 0.15) is 5.82 Å². The van der Waals surface area contributed by atoms with E-state index in [9.17, 15) is 4.79 Å². The highest BCUT2D eigenvalue weighted by Crippen LogP contribution is 2.45. The average molecular weight is 509 g/mol. The van der Waals surface area contributed by atoms with Crippen LogP contribution in [0.5, 0.6) is 11.5 Å². The number of imidazole rings is 1. The Labute approximate surface area is 223 Å². The molecule has 1 N–H and O–H groups in total. The number of hydrogen-bond donors (Lipinski definition) is 1. The lowest BCUT2D eigenvalue weighted by atomic mass is 9.87. The summed E-state index contributed by atoms with van der Waals surface area (Å²) < 4.78 is 11.5. The monoisotopic (exact) mass is 508 g/mol. The summed E-state index contributed by atoms with van der Waals surface area (Å²) in [5.74, 6) is 2.62. The Morgan fingerprint density at radius 2 is 1.82 bits per heavy atom. The summed E-state index contributed by atoms with van der Waals surface area (Å²) in [7, 11) is 0. The first-order valence-electron chi connectivity index (χ1n) is 13.3. The van der Waals surface area contributed by atoms with Crippen molar-refractivity contribution in [3.05, 3.63) is 101 Å². The van der Waals surface area contributed by atoms with Crippen LogP contribution in [0.25, 0.3) is 11.4 Å². The van der Waals surface area contributed by atoms with E-state index >= 15 is 0 Å². The van der Waals surface area contributed by atoms with Gasteiger partial charge in [-0.2, -0.15) is 0 Å². The zero-order chi connectivity index (χ0) is 26.1. The van der Waals surface area contributed by atoms with Gasteiger partial charge < -0.3 is 19.4 Å². The van der Waals surface area contributed by atoms with E-state index in [1.165, 1.54) is 11.1 Å². The first kappa shape index (κ1) is 24.2. The molecule has 2 aliphatic rings. The Kier molecular flexibility index (Phi) is 6.60. The number of carbonyl (C=O) groups is 1. The van der Waals surface area contributed by atoms with Crippen molar-refractivity contribution in [2.75, 3.05) is 26.4 Å². The molecular formula is C31H32N4O3. The number of ether oxygens (including phenoxy) is 2. The van der Waals surface area contributed by atoms with Gasteiger partial charge in [0.25, 0.3) is 5.91 Å². The molecule has 0 radical (unpaired) electrons. The van der Waals surface area contributed by atoms with E-state index in [4.69, 9.17) is 9.47 Å². The second-order valence-corrected chi connectivity index (χ2v) is 9.71. The Balaban J connectivity index is 1.34. The van der Waals surface area contributed by atoms with Gasteiger partial charge in [0, 0.05) is 54.8 Å². The predicted molar refractivity (Wildman–Crippen MR) is 146 cm³/mol. The van der Waals surface area contributed by atoms with Gasteiger partial charge in [-0.05, 0) is 49.6 Å². The van der Waals surface area contributed by atoms with Crippen LogP contribution in [0.1, 0.15) is 52.6 Å². The summed E-state index contributed by atoms with van der Waals surface area (Å²) in [4.78, 5) is 25.4. The Morgan fingerprint density at radius 1 is 1.03 bits per heavy atom. The Hall–Kier alpha value is -4.10. The summed E-state index contributed by atoms with van der Waals surface area (Å²) in [5.41, 5.74) is 6.41. The van der Waals surface area contributed by atoms with Gasteiger partial charge >= 0.3 is 0 Å². The topological polar surface area (TPSA) is 70.7 Å². The SMILES string of the molecule is CCN(CC)C(=O)c1ccc(C2c3ccc4c(c3CCN2Cc2cnc(-c3ccccc3)[nH]2)OCO4)cc1. The fourth-order valence-corrected chi connectivity index (χ4v) is 5.60. The van der Waals surface area contributed by atoms with Gasteiger partial charge in [0.2, 0.25) is 6.79 Å². The molecule has 0 saturated heterocycles. The molecule has 194 valence electrons. The van der Waals surface area contributed by atoms with Crippen LogP contribution in [-0.4, -0.2) is 52.1 Å². The molecule has 1 unspecified atom stereocenters. The maximum atomic E-state index is 12.9. The molecule has 6 rings (SSSR count). The molecule has 2 aliphatic heterocycles. The molecule has 1 aromatic heterocycles. The summed E-state index contributed by atoms with van der Waals surface area (Å²) in [6.45, 7) is 7.26. The Morgan fingerprint density at radius 3 is 2.58 bits per heavy atom. The molecular weight excluding hydrogens is 476 g/mol. The molecule has 0 fully saturated rings. The van der Waals surface area contributed by atoms with Crippen molar-refractivity contribution in [1.29, 1.82) is 0 Å². The number of benzene rings is 3. The molecule has 1 atom stereocenters. The molecule has 4 aromatic rings. The number of hydrogen-bond acceptors (Lipinski definition) is 5. The maximum Gasteiger partial charge on any atom is 0.253 e. The van der Waals surface area contributed by atoms with Crippen LogP contribution in [0, 0.1) is 0 Å². The number of H-pyrrole nitrogens is 1. The molecule has 0 aliphatic carbocycles. The van der Waals surface area contributed by atoms with Crippen LogP contribution in [0.15, 0.2) is 72.9 Å². The minimum absolute atomic E-state index is 0.00864. The lowest BCUT2D eigenvalue weighted by Crippen LogP contribution is -2.36. The third kappa shape index (κ3) is 4.43. The number of nitrogens with one attached hydrogen (secondary N) is 1. The molecule has 0 bridgehead atoms. The molecule has 3 aromatic carbocycles. The van der Waals surface area contributed by atoms with Gasteiger partial charge in [-0.15, -0.1) is 0 Å². The molecule has 1 amide bonds. The quantitative estimate of drug-likeness (QED) is 0.360. The number of fused-ring (bicyclic) bond motifs is 3. The number of aromatic amines is 1. The number of carbonyl (C=O) groups excluding carboxylic acids is 1. The van der Waals surface area contributed by atoms with E-state index in [0.29, 0.717) is 18.7 Å². The molecule has 38 heavy (non-hydrogen) atoms. The molecule has 7 nitrogen and oxygen atoms in total. The maximum absolute atomic E-state index is 12.9. The van der Waals surface area contributed by atoms with Gasteiger partial charge in [-0.1, -0.05) is 48.5 Å². The average Bonchev–Trinajstić information content (AvgIpc) is 3.64. The molecule has 3 heterocycles. The summed E-state index contributed by atoms with van der Waals surface area (Å²) in [6, 6.07) is 22.5. The summed E-state index contributed by atoms with van der Waals surface area (Å²) in [6.07, 6.45) is 2.80. The van der Waals surface area contributed by atoms with Crippen LogP contribution in [0.2, 0.25) is 0 Å². The van der Waals surface area contributed by atoms with Crippen LogP contribution < -0.4 is 9.47 Å². The zero-order valence-electron chi connectivity index (χ0n) is 21.8. The van der Waals surface area contributed by atoms with E-state index in [-0.39, 0.29) is 18.7 Å². The van der Waals surface area contributed by atoms with Crippen LogP contribution >= 0.6 is 0 Å². The number of aromatic nitrogens is 2. The highest BCUT2D eigenvalue weighted by atomic mass is 16.7. The van der Waals surface area contributed by atoms with Gasteiger partial charge in [0.15, 0.2) is 11.5 Å². The lowest BCUT2D eigenvalue weighted by Gasteiger charge is -2.38. The Bertz CT molecular complexity index is 1430. The molecule has 0 spiro atoms. The standard InChI is InChI=1S/C31H32N4O3/c1-3-34(4-2)31(36)23-12-10-21(11-13-23)28-25-14-15-27-29(38-20-37-27)26(25)16-17-35(28)19-24-18-32-30(33-24)22-8-6-5-7-9-22/h5-15,18,28H,3-4,16-17,19-20H2,1-2H3,(H,32,33). The van der Waals surface area contributed by atoms with E-state index in [0.717, 1.165) is 53.7 Å². The van der Waals surface area contributed by atoms with Crippen molar-refractivity contribution in [1.82, 2.24) is 19.8 Å². The second kappa shape index (κ2) is 10.3. The molecule has 7 heteroatoms. The van der Waals surface area contributed by atoms with Gasteiger partial charge in [-0.25, -0.2) is 4.98 Å². The van der Waals surface area contributed by atoms with Crippen LogP contribution in [0.4, 0.5) is 0 Å². The van der Waals surface area contributed by atoms with Crippen molar-refractivity contribution < 1.29 is 14.3 Å². The number of nitrogens with zero attached hydrogens (tertiary/aromatic N) is 3. The van der Waals surface area contributed by atoms with E-state index in [2.05, 4.69) is 45.2 Å². The third-order valence-corrected chi connectivity index (χ3v) is 7.56. The largest absolute Gasteiger partial charge is 0.454 e. The van der Waals surface area contributed by atoms with E-state index < -0.39 is 0 Å². The van der Waals surface area contributed by atoms with Gasteiger partial charge in [-0.3, -0.25) is 9.69 Å². The van der Waals surface area contributed by atoms with Crippen LogP contribution in [0.3, 0.4) is 0 Å². The van der Waals surface area contributed by atoms with Gasteiger partial charge in [0.05, 0.1) is 6.04 Å². The first-order chi connectivity index (χ1) is 18.7. The minimum atomic E-state index is 0.00864. The van der Waals surface area contributed by atoms with Crippen molar-refractivity contribution >= 4 is 5.91 Å². The smallest absolute Gasteiger partial charge is 0.253 e. The summed E-state index contributed by atoms with van der Waals surface area (Å²) >= 11 is 0. The van der Waals surface area contributed by atoms with Crippen molar-refractivity contribution in [3.8, 4) is 22.9 Å². The van der Waals surface area contributed by atoms with Crippen LogP contribution in [-0.2, 0) is 13.0 Å². The lowest BCUT2D eigenvalue weighted by molar-refractivity contribution is 0.0773. The zero-order valence-corrected chi connectivity index (χ0v) is 21.8. The number of amides is 1. The minimum Gasteiger partial charge on any atom is -0.454 e. The summed E-state index contributed by atoms with van der Waals surface area (Å²) in [5, 5.41) is 0. The fourth-order valence-electron chi connectivity index (χ4n) is 5.60. The molecule has 0 saturated carbocycles. The highest BCUT2D eigenvalue weighted by molar-refractivity contribution is 5.94.